The number of hydrogen-bond donors (Lipinski definition) is 1. The van der Waals surface area contributed by atoms with Gasteiger partial charge in [0.15, 0.2) is 0 Å². The molecule has 2 amide bonds. The molecule has 0 fully saturated rings. The Labute approximate surface area is 191 Å². The summed E-state index contributed by atoms with van der Waals surface area (Å²) >= 11 is 12.0. The predicted molar refractivity (Wildman–Crippen MR) is 127 cm³/mol. The maximum Gasteiger partial charge on any atom is 0.258 e. The van der Waals surface area contributed by atoms with E-state index in [0.29, 0.717) is 33.4 Å². The summed E-state index contributed by atoms with van der Waals surface area (Å²) in [5.74, 6) is -0.352. The molecular weight excluding hydrogens is 431 g/mol. The molecule has 1 N–H and O–H groups in total. The second kappa shape index (κ2) is 9.54. The number of fused-ring (bicyclic) bond motifs is 1. The van der Waals surface area contributed by atoms with Crippen molar-refractivity contribution in [1.82, 2.24) is 0 Å². The zero-order valence-electron chi connectivity index (χ0n) is 16.9. The Bertz CT molecular complexity index is 1090. The number of halogens is 2. The monoisotopic (exact) mass is 452 g/mol. The fraction of sp³-hybridized carbons (Fsp3) is 0.200. The molecule has 3 aromatic carbocycles. The van der Waals surface area contributed by atoms with Crippen LogP contribution in [0.5, 0.6) is 0 Å². The molecule has 0 spiro atoms. The number of carbonyl (C=O) groups excluding carboxylic acids is 2. The maximum atomic E-state index is 13.3. The third-order valence-electron chi connectivity index (χ3n) is 5.37. The molecule has 6 heteroatoms. The van der Waals surface area contributed by atoms with Crippen molar-refractivity contribution < 1.29 is 9.59 Å². The number of anilines is 2. The van der Waals surface area contributed by atoms with Gasteiger partial charge in [0, 0.05) is 39.1 Å². The van der Waals surface area contributed by atoms with Crippen LogP contribution in [0.25, 0.3) is 0 Å². The first-order valence-corrected chi connectivity index (χ1v) is 11.0. The van der Waals surface area contributed by atoms with E-state index in [2.05, 4.69) is 11.4 Å². The SMILES string of the molecule is O=C(Nc1ccc(C(=O)N2CCCCCc3ccccc32)cc1)c1cc(Cl)cc(Cl)c1. The van der Waals surface area contributed by atoms with Gasteiger partial charge in [-0.2, -0.15) is 0 Å². The summed E-state index contributed by atoms with van der Waals surface area (Å²) in [6.07, 6.45) is 4.22. The number of hydrogen-bond acceptors (Lipinski definition) is 2. The van der Waals surface area contributed by atoms with Gasteiger partial charge in [0.2, 0.25) is 0 Å². The van der Waals surface area contributed by atoms with Gasteiger partial charge in [0.25, 0.3) is 11.8 Å². The lowest BCUT2D eigenvalue weighted by atomic mass is 10.0. The van der Waals surface area contributed by atoms with Crippen LogP contribution in [0.1, 0.15) is 45.5 Å². The Morgan fingerprint density at radius 3 is 2.26 bits per heavy atom. The molecular formula is C25H22Cl2N2O2. The molecule has 0 bridgehead atoms. The fourth-order valence-corrected chi connectivity index (χ4v) is 4.35. The molecule has 0 radical (unpaired) electrons. The lowest BCUT2D eigenvalue weighted by Crippen LogP contribution is -2.33. The van der Waals surface area contributed by atoms with E-state index in [-0.39, 0.29) is 11.8 Å². The molecule has 1 aliphatic heterocycles. The van der Waals surface area contributed by atoms with Crippen molar-refractivity contribution in [3.63, 3.8) is 0 Å². The summed E-state index contributed by atoms with van der Waals surface area (Å²) in [6, 6.07) is 19.7. The minimum atomic E-state index is -0.318. The van der Waals surface area contributed by atoms with Crippen LogP contribution in [0.2, 0.25) is 10.0 Å². The van der Waals surface area contributed by atoms with E-state index in [9.17, 15) is 9.59 Å². The highest BCUT2D eigenvalue weighted by atomic mass is 35.5. The van der Waals surface area contributed by atoms with Crippen LogP contribution in [-0.4, -0.2) is 18.4 Å². The number of aryl methyl sites for hydroxylation is 1. The molecule has 31 heavy (non-hydrogen) atoms. The topological polar surface area (TPSA) is 49.4 Å². The molecule has 4 nitrogen and oxygen atoms in total. The van der Waals surface area contributed by atoms with Gasteiger partial charge in [0.05, 0.1) is 0 Å². The van der Waals surface area contributed by atoms with Crippen LogP contribution in [0.3, 0.4) is 0 Å². The zero-order chi connectivity index (χ0) is 21.8. The van der Waals surface area contributed by atoms with Crippen LogP contribution >= 0.6 is 23.2 Å². The number of nitrogens with zero attached hydrogens (tertiary/aromatic N) is 1. The Morgan fingerprint density at radius 1 is 0.806 bits per heavy atom. The summed E-state index contributed by atoms with van der Waals surface area (Å²) in [7, 11) is 0. The van der Waals surface area contributed by atoms with Gasteiger partial charge in [-0.05, 0) is 73.4 Å². The summed E-state index contributed by atoms with van der Waals surface area (Å²) in [4.78, 5) is 27.6. The molecule has 0 unspecified atom stereocenters. The molecule has 3 aromatic rings. The molecule has 0 aromatic heterocycles. The number of carbonyl (C=O) groups is 2. The second-order valence-electron chi connectivity index (χ2n) is 7.59. The van der Waals surface area contributed by atoms with Crippen molar-refractivity contribution in [2.45, 2.75) is 25.7 Å². The predicted octanol–water partition coefficient (Wildman–Crippen LogP) is 6.62. The van der Waals surface area contributed by atoms with Gasteiger partial charge in [-0.3, -0.25) is 9.59 Å². The standard InChI is InChI=1S/C25H22Cl2N2O2/c26-20-14-19(15-21(27)16-20)24(30)28-22-11-9-18(10-12-22)25(31)29-13-5-1-2-6-17-7-3-4-8-23(17)29/h3-4,7-12,14-16H,1-2,5-6,13H2,(H,28,30). The third-order valence-corrected chi connectivity index (χ3v) is 5.81. The van der Waals surface area contributed by atoms with Crippen LogP contribution in [0.4, 0.5) is 11.4 Å². The first-order chi connectivity index (χ1) is 15.0. The van der Waals surface area contributed by atoms with Crippen molar-refractivity contribution in [1.29, 1.82) is 0 Å². The molecule has 0 saturated heterocycles. The summed E-state index contributed by atoms with van der Waals surface area (Å²) in [6.45, 7) is 0.698. The van der Waals surface area contributed by atoms with Crippen molar-refractivity contribution >= 4 is 46.4 Å². The van der Waals surface area contributed by atoms with E-state index in [4.69, 9.17) is 23.2 Å². The first kappa shape index (κ1) is 21.4. The summed E-state index contributed by atoms with van der Waals surface area (Å²) in [5, 5.41) is 3.60. The Hall–Kier alpha value is -2.82. The van der Waals surface area contributed by atoms with E-state index in [0.717, 1.165) is 31.4 Å². The lowest BCUT2D eigenvalue weighted by molar-refractivity contribution is 0.0984. The van der Waals surface area contributed by atoms with Crippen LogP contribution in [-0.2, 0) is 6.42 Å². The average molecular weight is 453 g/mol. The van der Waals surface area contributed by atoms with Crippen LogP contribution in [0.15, 0.2) is 66.7 Å². The van der Waals surface area contributed by atoms with Gasteiger partial charge in [-0.15, -0.1) is 0 Å². The Morgan fingerprint density at radius 2 is 1.52 bits per heavy atom. The zero-order valence-corrected chi connectivity index (χ0v) is 18.4. The highest BCUT2D eigenvalue weighted by Crippen LogP contribution is 2.27. The minimum Gasteiger partial charge on any atom is -0.322 e. The van der Waals surface area contributed by atoms with Crippen LogP contribution in [0, 0.1) is 0 Å². The smallest absolute Gasteiger partial charge is 0.258 e. The number of para-hydroxylation sites is 1. The van der Waals surface area contributed by atoms with E-state index in [1.54, 1.807) is 42.5 Å². The average Bonchev–Trinajstić information content (AvgIpc) is 2.74. The summed E-state index contributed by atoms with van der Waals surface area (Å²) in [5.41, 5.74) is 3.74. The molecule has 1 heterocycles. The largest absolute Gasteiger partial charge is 0.322 e. The first-order valence-electron chi connectivity index (χ1n) is 10.3. The quantitative estimate of drug-likeness (QED) is 0.485. The van der Waals surface area contributed by atoms with Crippen molar-refractivity contribution in [2.24, 2.45) is 0 Å². The lowest BCUT2D eigenvalue weighted by Gasteiger charge is -2.27. The Balaban J connectivity index is 1.51. The molecule has 1 aliphatic rings. The summed E-state index contributed by atoms with van der Waals surface area (Å²) < 4.78 is 0. The molecule has 158 valence electrons. The second-order valence-corrected chi connectivity index (χ2v) is 8.46. The van der Waals surface area contributed by atoms with Crippen LogP contribution < -0.4 is 10.2 Å². The molecule has 0 saturated carbocycles. The number of rotatable bonds is 3. The molecule has 0 atom stereocenters. The number of benzene rings is 3. The van der Waals surface area contributed by atoms with Gasteiger partial charge in [-0.25, -0.2) is 0 Å². The number of amides is 2. The van der Waals surface area contributed by atoms with Gasteiger partial charge in [-0.1, -0.05) is 47.8 Å². The normalized spacial score (nSPS) is 13.7. The van der Waals surface area contributed by atoms with Gasteiger partial charge >= 0.3 is 0 Å². The highest BCUT2D eigenvalue weighted by molar-refractivity contribution is 6.35. The third kappa shape index (κ3) is 5.09. The van der Waals surface area contributed by atoms with E-state index < -0.39 is 0 Å². The van der Waals surface area contributed by atoms with Crippen molar-refractivity contribution in [3.8, 4) is 0 Å². The van der Waals surface area contributed by atoms with Crippen molar-refractivity contribution in [2.75, 3.05) is 16.8 Å². The maximum absolute atomic E-state index is 13.3. The number of nitrogens with one attached hydrogen (secondary N) is 1. The fourth-order valence-electron chi connectivity index (χ4n) is 3.82. The van der Waals surface area contributed by atoms with Gasteiger partial charge in [0.1, 0.15) is 0 Å². The molecule has 0 aliphatic carbocycles. The van der Waals surface area contributed by atoms with E-state index >= 15 is 0 Å². The Kier molecular flexibility index (Phi) is 6.59. The van der Waals surface area contributed by atoms with E-state index in [1.807, 2.05) is 23.1 Å². The highest BCUT2D eigenvalue weighted by Gasteiger charge is 2.21. The van der Waals surface area contributed by atoms with E-state index in [1.165, 1.54) is 5.56 Å². The van der Waals surface area contributed by atoms with Gasteiger partial charge < -0.3 is 10.2 Å². The minimum absolute atomic E-state index is 0.0335. The molecule has 4 rings (SSSR count). The van der Waals surface area contributed by atoms with Crippen molar-refractivity contribution in [3.05, 3.63) is 93.5 Å².